The maximum absolute atomic E-state index is 13.6. The average molecular weight is 381 g/mol. The highest BCUT2D eigenvalue weighted by Gasteiger charge is 2.21. The van der Waals surface area contributed by atoms with Crippen LogP contribution in [0.15, 0.2) is 35.6 Å². The molecular weight excluding hydrogens is 368 g/mol. The van der Waals surface area contributed by atoms with Crippen LogP contribution >= 0.6 is 0 Å². The van der Waals surface area contributed by atoms with E-state index in [1.54, 1.807) is 6.92 Å². The number of carbonyl (C=O) groups is 1. The van der Waals surface area contributed by atoms with Crippen LogP contribution in [0.5, 0.6) is 0 Å². The van der Waals surface area contributed by atoms with Crippen molar-refractivity contribution >= 4 is 27.1 Å². The predicted molar refractivity (Wildman–Crippen MR) is 87.4 cm³/mol. The fourth-order valence-corrected chi connectivity index (χ4v) is 3.63. The number of aromatic nitrogens is 4. The maximum Gasteiger partial charge on any atom is 0.260 e. The molecule has 26 heavy (non-hydrogen) atoms. The Morgan fingerprint density at radius 3 is 2.65 bits per heavy atom. The van der Waals surface area contributed by atoms with Crippen LogP contribution in [0.2, 0.25) is 0 Å². The molecule has 0 fully saturated rings. The minimum Gasteiger partial charge on any atom is -0.321 e. The molecule has 136 valence electrons. The van der Waals surface area contributed by atoms with Crippen LogP contribution in [-0.4, -0.2) is 39.7 Å². The molecule has 3 aromatic heterocycles. The molecule has 0 saturated heterocycles. The SMILES string of the molecule is CCCS(=O)(=O)c1nnc2ccc(NC(=O)c3ccc(F)nc3F)cn12. The number of hydrogen-bond donors (Lipinski definition) is 1. The summed E-state index contributed by atoms with van der Waals surface area (Å²) in [6.07, 6.45) is 1.72. The van der Waals surface area contributed by atoms with Gasteiger partial charge in [0.15, 0.2) is 5.65 Å². The second-order valence-electron chi connectivity index (χ2n) is 5.37. The summed E-state index contributed by atoms with van der Waals surface area (Å²) < 4.78 is 52.1. The van der Waals surface area contributed by atoms with Crippen LogP contribution in [0.25, 0.3) is 5.65 Å². The highest BCUT2D eigenvalue weighted by atomic mass is 32.2. The Morgan fingerprint density at radius 1 is 1.19 bits per heavy atom. The van der Waals surface area contributed by atoms with E-state index < -0.39 is 33.2 Å². The quantitative estimate of drug-likeness (QED) is 0.676. The number of nitrogens with one attached hydrogen (secondary N) is 1. The van der Waals surface area contributed by atoms with Gasteiger partial charge in [0.05, 0.1) is 17.0 Å². The molecule has 3 heterocycles. The van der Waals surface area contributed by atoms with Crippen molar-refractivity contribution in [3.05, 3.63) is 47.9 Å². The standard InChI is InChI=1S/C15H13F2N5O3S/c1-2-7-26(24,25)15-21-20-12-6-3-9(8-22(12)15)18-14(23)10-4-5-11(16)19-13(10)17/h3-6,8H,2,7H2,1H3,(H,18,23). The number of sulfone groups is 1. The Kier molecular flexibility index (Phi) is 4.64. The molecule has 0 aromatic carbocycles. The van der Waals surface area contributed by atoms with Gasteiger partial charge in [0.1, 0.15) is 0 Å². The Labute approximate surface area is 146 Å². The van der Waals surface area contributed by atoms with Gasteiger partial charge >= 0.3 is 0 Å². The molecule has 3 aromatic rings. The van der Waals surface area contributed by atoms with E-state index >= 15 is 0 Å². The van der Waals surface area contributed by atoms with Crippen LogP contribution in [0, 0.1) is 11.9 Å². The van der Waals surface area contributed by atoms with Crippen LogP contribution in [-0.2, 0) is 9.84 Å². The average Bonchev–Trinajstić information content (AvgIpc) is 2.98. The van der Waals surface area contributed by atoms with E-state index in [1.165, 1.54) is 22.7 Å². The number of fused-ring (bicyclic) bond motifs is 1. The van der Waals surface area contributed by atoms with Crippen molar-refractivity contribution in [1.82, 2.24) is 19.6 Å². The second-order valence-corrected chi connectivity index (χ2v) is 7.38. The molecule has 0 aliphatic carbocycles. The van der Waals surface area contributed by atoms with E-state index in [0.29, 0.717) is 6.42 Å². The van der Waals surface area contributed by atoms with Gasteiger partial charge in [-0.1, -0.05) is 6.92 Å². The minimum absolute atomic E-state index is 0.100. The molecule has 0 spiro atoms. The molecule has 3 rings (SSSR count). The second kappa shape index (κ2) is 6.75. The molecule has 0 saturated carbocycles. The van der Waals surface area contributed by atoms with Gasteiger partial charge in [-0.3, -0.25) is 9.20 Å². The number of anilines is 1. The van der Waals surface area contributed by atoms with E-state index in [0.717, 1.165) is 12.1 Å². The summed E-state index contributed by atoms with van der Waals surface area (Å²) in [7, 11) is -3.64. The van der Waals surface area contributed by atoms with E-state index in [4.69, 9.17) is 0 Å². The highest BCUT2D eigenvalue weighted by molar-refractivity contribution is 7.91. The number of nitrogens with zero attached hydrogens (tertiary/aromatic N) is 4. The van der Waals surface area contributed by atoms with Crippen molar-refractivity contribution in [2.24, 2.45) is 0 Å². The first-order valence-corrected chi connectivity index (χ1v) is 9.18. The largest absolute Gasteiger partial charge is 0.321 e. The van der Waals surface area contributed by atoms with Crippen molar-refractivity contribution in [3.8, 4) is 0 Å². The topological polar surface area (TPSA) is 106 Å². The summed E-state index contributed by atoms with van der Waals surface area (Å²) in [5.41, 5.74) is 0.000334. The number of pyridine rings is 2. The van der Waals surface area contributed by atoms with E-state index in [9.17, 15) is 22.0 Å². The van der Waals surface area contributed by atoms with Crippen molar-refractivity contribution in [2.75, 3.05) is 11.1 Å². The molecule has 0 aliphatic rings. The smallest absolute Gasteiger partial charge is 0.260 e. The molecule has 1 N–H and O–H groups in total. The molecule has 8 nitrogen and oxygen atoms in total. The summed E-state index contributed by atoms with van der Waals surface area (Å²) in [5.74, 6) is -3.26. The van der Waals surface area contributed by atoms with E-state index in [2.05, 4.69) is 20.5 Å². The highest BCUT2D eigenvalue weighted by Crippen LogP contribution is 2.17. The lowest BCUT2D eigenvalue weighted by Gasteiger charge is -2.07. The lowest BCUT2D eigenvalue weighted by atomic mass is 10.2. The molecular formula is C15H13F2N5O3S. The Balaban J connectivity index is 1.95. The maximum atomic E-state index is 13.6. The normalized spacial score (nSPS) is 11.7. The fraction of sp³-hybridized carbons (Fsp3) is 0.200. The molecule has 0 aliphatic heterocycles. The summed E-state index contributed by atoms with van der Waals surface area (Å²) in [4.78, 5) is 15.1. The third-order valence-electron chi connectivity index (χ3n) is 3.44. The van der Waals surface area contributed by atoms with Crippen molar-refractivity contribution in [2.45, 2.75) is 18.5 Å². The first kappa shape index (κ1) is 17.9. The zero-order valence-corrected chi connectivity index (χ0v) is 14.3. The van der Waals surface area contributed by atoms with Gasteiger partial charge in [-0.05, 0) is 30.7 Å². The lowest BCUT2D eigenvalue weighted by Crippen LogP contribution is -2.16. The van der Waals surface area contributed by atoms with Crippen LogP contribution in [0.3, 0.4) is 0 Å². The van der Waals surface area contributed by atoms with Gasteiger partial charge in [-0.25, -0.2) is 8.42 Å². The van der Waals surface area contributed by atoms with Gasteiger partial charge in [0.2, 0.25) is 21.7 Å². The number of hydrogen-bond acceptors (Lipinski definition) is 6. The number of rotatable bonds is 5. The number of carbonyl (C=O) groups excluding carboxylic acids is 1. The first-order chi connectivity index (χ1) is 12.3. The summed E-state index contributed by atoms with van der Waals surface area (Å²) in [6.45, 7) is 1.72. The number of amides is 1. The summed E-state index contributed by atoms with van der Waals surface area (Å²) in [5, 5.41) is 9.62. The minimum atomic E-state index is -3.64. The van der Waals surface area contributed by atoms with Gasteiger partial charge in [-0.2, -0.15) is 13.8 Å². The molecule has 11 heteroatoms. The van der Waals surface area contributed by atoms with Crippen molar-refractivity contribution in [1.29, 1.82) is 0 Å². The van der Waals surface area contributed by atoms with Crippen molar-refractivity contribution < 1.29 is 22.0 Å². The monoisotopic (exact) mass is 381 g/mol. The zero-order valence-electron chi connectivity index (χ0n) is 13.5. The van der Waals surface area contributed by atoms with E-state index in [1.807, 2.05) is 0 Å². The van der Waals surface area contributed by atoms with Crippen LogP contribution in [0.4, 0.5) is 14.5 Å². The predicted octanol–water partition coefficient (Wildman–Crippen LogP) is 1.84. The third kappa shape index (κ3) is 3.38. The first-order valence-electron chi connectivity index (χ1n) is 7.53. The molecule has 0 unspecified atom stereocenters. The number of halogens is 2. The Morgan fingerprint density at radius 2 is 1.96 bits per heavy atom. The molecule has 0 bridgehead atoms. The fourth-order valence-electron chi connectivity index (χ4n) is 2.30. The zero-order chi connectivity index (χ0) is 18.9. The van der Waals surface area contributed by atoms with Gasteiger partial charge < -0.3 is 5.32 Å². The van der Waals surface area contributed by atoms with Gasteiger partial charge in [-0.15, -0.1) is 10.2 Å². The molecule has 1 amide bonds. The van der Waals surface area contributed by atoms with Crippen molar-refractivity contribution in [3.63, 3.8) is 0 Å². The third-order valence-corrected chi connectivity index (χ3v) is 5.22. The van der Waals surface area contributed by atoms with E-state index in [-0.39, 0.29) is 22.2 Å². The van der Waals surface area contributed by atoms with Crippen LogP contribution < -0.4 is 5.32 Å². The Hall–Kier alpha value is -2.95. The van der Waals surface area contributed by atoms with Gasteiger partial charge in [0, 0.05) is 6.20 Å². The molecule has 0 radical (unpaired) electrons. The van der Waals surface area contributed by atoms with Crippen LogP contribution in [0.1, 0.15) is 23.7 Å². The molecule has 0 atom stereocenters. The summed E-state index contributed by atoms with van der Waals surface area (Å²) >= 11 is 0. The Bertz CT molecular complexity index is 1100. The summed E-state index contributed by atoms with van der Waals surface area (Å²) in [6, 6.07) is 4.72. The lowest BCUT2D eigenvalue weighted by molar-refractivity contribution is 0.102. The van der Waals surface area contributed by atoms with Gasteiger partial charge in [0.25, 0.3) is 11.1 Å².